The van der Waals surface area contributed by atoms with Gasteiger partial charge in [-0.1, -0.05) is 49.4 Å². The predicted octanol–water partition coefficient (Wildman–Crippen LogP) is 4.93. The van der Waals surface area contributed by atoms with E-state index in [0.29, 0.717) is 67.4 Å². The van der Waals surface area contributed by atoms with Crippen molar-refractivity contribution in [2.24, 2.45) is 10.9 Å². The van der Waals surface area contributed by atoms with Crippen LogP contribution >= 0.6 is 11.3 Å². The zero-order valence-corrected chi connectivity index (χ0v) is 26.4. The van der Waals surface area contributed by atoms with Crippen molar-refractivity contribution >= 4 is 29.0 Å². The average molecular weight is 614 g/mol. The maximum atomic E-state index is 14.2. The van der Waals surface area contributed by atoms with Crippen LogP contribution in [0.4, 0.5) is 5.69 Å². The van der Waals surface area contributed by atoms with Gasteiger partial charge in [0.05, 0.1) is 43.7 Å². The molecule has 9 nitrogen and oxygen atoms in total. The molecule has 0 saturated carbocycles. The third-order valence-electron chi connectivity index (χ3n) is 7.09. The number of allylic oxidation sites excluding steroid dienone is 1. The number of para-hydroxylation sites is 1. The maximum Gasteiger partial charge on any atom is 0.271 e. The minimum absolute atomic E-state index is 0.284. The first-order valence-corrected chi connectivity index (χ1v) is 15.0. The third-order valence-corrected chi connectivity index (χ3v) is 8.07. The van der Waals surface area contributed by atoms with Gasteiger partial charge in [0.1, 0.15) is 17.5 Å². The Morgan fingerprint density at radius 2 is 1.73 bits per heavy atom. The molecule has 0 saturated heterocycles. The highest BCUT2D eigenvalue weighted by Crippen LogP contribution is 2.37. The van der Waals surface area contributed by atoms with E-state index in [9.17, 15) is 9.59 Å². The molecule has 228 valence electrons. The lowest BCUT2D eigenvalue weighted by molar-refractivity contribution is -0.113. The summed E-state index contributed by atoms with van der Waals surface area (Å²) in [6, 6.07) is 19.2. The van der Waals surface area contributed by atoms with E-state index in [0.717, 1.165) is 5.56 Å². The van der Waals surface area contributed by atoms with Gasteiger partial charge in [-0.25, -0.2) is 4.99 Å². The molecule has 4 aromatic rings. The SMILES string of the molecule is COc1ccc([C@H]2C(C(=O)Nc3ccccc3)=C(C)N=c3s/c(=C\c4ccc(OCC(C)C)c(OC)c4)c(=O)n32)c(OC)c1. The molecule has 10 heteroatoms. The first-order chi connectivity index (χ1) is 21.2. The van der Waals surface area contributed by atoms with E-state index in [-0.39, 0.29) is 11.5 Å². The van der Waals surface area contributed by atoms with Gasteiger partial charge < -0.3 is 24.3 Å². The van der Waals surface area contributed by atoms with Crippen LogP contribution in [0.2, 0.25) is 0 Å². The second-order valence-corrected chi connectivity index (χ2v) is 11.6. The van der Waals surface area contributed by atoms with E-state index in [2.05, 4.69) is 19.2 Å². The van der Waals surface area contributed by atoms with Crippen molar-refractivity contribution in [1.29, 1.82) is 0 Å². The summed E-state index contributed by atoms with van der Waals surface area (Å²) in [6.07, 6.45) is 1.80. The number of anilines is 1. The zero-order valence-electron chi connectivity index (χ0n) is 25.5. The number of thiazole rings is 1. The summed E-state index contributed by atoms with van der Waals surface area (Å²) in [4.78, 5) is 33.2. The number of aromatic nitrogens is 1. The monoisotopic (exact) mass is 613 g/mol. The van der Waals surface area contributed by atoms with Crippen molar-refractivity contribution in [2.45, 2.75) is 26.8 Å². The van der Waals surface area contributed by atoms with Crippen LogP contribution in [-0.2, 0) is 4.79 Å². The summed E-state index contributed by atoms with van der Waals surface area (Å²) in [5.41, 5.74) is 2.58. The summed E-state index contributed by atoms with van der Waals surface area (Å²) >= 11 is 1.25. The minimum atomic E-state index is -0.806. The number of amides is 1. The Hall–Kier alpha value is -4.83. The highest BCUT2D eigenvalue weighted by molar-refractivity contribution is 7.07. The summed E-state index contributed by atoms with van der Waals surface area (Å²) in [5.74, 6) is 2.27. The van der Waals surface area contributed by atoms with Crippen molar-refractivity contribution < 1.29 is 23.7 Å². The summed E-state index contributed by atoms with van der Waals surface area (Å²) < 4.78 is 24.6. The number of rotatable bonds is 10. The van der Waals surface area contributed by atoms with Crippen molar-refractivity contribution in [2.75, 3.05) is 33.3 Å². The molecule has 5 rings (SSSR count). The molecule has 0 radical (unpaired) electrons. The van der Waals surface area contributed by atoms with Crippen LogP contribution in [0.3, 0.4) is 0 Å². The van der Waals surface area contributed by atoms with Crippen molar-refractivity contribution in [3.63, 3.8) is 0 Å². The van der Waals surface area contributed by atoms with E-state index in [1.54, 1.807) is 63.2 Å². The summed E-state index contributed by atoms with van der Waals surface area (Å²) in [6.45, 7) is 6.49. The largest absolute Gasteiger partial charge is 0.497 e. The predicted molar refractivity (Wildman–Crippen MR) is 172 cm³/mol. The average Bonchev–Trinajstić information content (AvgIpc) is 3.33. The first-order valence-electron chi connectivity index (χ1n) is 14.2. The van der Waals surface area contributed by atoms with Crippen LogP contribution in [0.15, 0.2) is 87.8 Å². The van der Waals surface area contributed by atoms with Crippen LogP contribution in [0.5, 0.6) is 23.0 Å². The van der Waals surface area contributed by atoms with Crippen LogP contribution in [-0.4, -0.2) is 38.4 Å². The molecular formula is C34H35N3O6S. The molecule has 44 heavy (non-hydrogen) atoms. The molecule has 1 N–H and O–H groups in total. The van der Waals surface area contributed by atoms with Gasteiger partial charge in [-0.2, -0.15) is 0 Å². The van der Waals surface area contributed by atoms with E-state index in [4.69, 9.17) is 23.9 Å². The van der Waals surface area contributed by atoms with E-state index >= 15 is 0 Å². The standard InChI is InChI=1S/C34H35N3O6S/c1-20(2)19-43-26-15-12-22(16-28(26)42-6)17-29-33(39)37-31(25-14-13-24(40-4)18-27(25)41-5)30(21(3)35-34(37)44-29)32(38)36-23-10-8-7-9-11-23/h7-18,20,31H,19H2,1-6H3,(H,36,38)/b29-17-/t31-/m0/s1. The van der Waals surface area contributed by atoms with Gasteiger partial charge in [0, 0.05) is 17.3 Å². The molecule has 1 aliphatic rings. The maximum absolute atomic E-state index is 14.2. The topological polar surface area (TPSA) is 100 Å². The number of hydrogen-bond donors (Lipinski definition) is 1. The van der Waals surface area contributed by atoms with Gasteiger partial charge in [-0.3, -0.25) is 14.2 Å². The number of nitrogens with zero attached hydrogens (tertiary/aromatic N) is 2. The first kappa shape index (κ1) is 30.6. The summed E-state index contributed by atoms with van der Waals surface area (Å²) in [7, 11) is 4.70. The molecule has 0 spiro atoms. The van der Waals surface area contributed by atoms with E-state index in [1.807, 2.05) is 42.5 Å². The third kappa shape index (κ3) is 6.26. The molecule has 1 aliphatic heterocycles. The molecule has 1 atom stereocenters. The fraction of sp³-hybridized carbons (Fsp3) is 0.265. The molecule has 0 aliphatic carbocycles. The van der Waals surface area contributed by atoms with Crippen molar-refractivity contribution in [1.82, 2.24) is 4.57 Å². The lowest BCUT2D eigenvalue weighted by Crippen LogP contribution is -2.40. The quantitative estimate of drug-likeness (QED) is 0.272. The lowest BCUT2D eigenvalue weighted by atomic mass is 9.94. The molecule has 2 heterocycles. The molecule has 0 bridgehead atoms. The molecule has 0 unspecified atom stereocenters. The Kier molecular flexibility index (Phi) is 9.20. The number of benzene rings is 3. The number of ether oxygens (including phenoxy) is 4. The molecular weight excluding hydrogens is 578 g/mol. The minimum Gasteiger partial charge on any atom is -0.497 e. The normalized spacial score (nSPS) is 14.6. The molecule has 1 amide bonds. The van der Waals surface area contributed by atoms with Gasteiger partial charge in [0.2, 0.25) is 0 Å². The Morgan fingerprint density at radius 1 is 0.977 bits per heavy atom. The number of fused-ring (bicyclic) bond motifs is 1. The number of carbonyl (C=O) groups excluding carboxylic acids is 1. The van der Waals surface area contributed by atoms with Gasteiger partial charge in [0.15, 0.2) is 16.3 Å². The summed E-state index contributed by atoms with van der Waals surface area (Å²) in [5, 5.41) is 2.97. The Balaban J connectivity index is 1.65. The lowest BCUT2D eigenvalue weighted by Gasteiger charge is -2.26. The highest BCUT2D eigenvalue weighted by atomic mass is 32.1. The molecule has 0 fully saturated rings. The number of nitrogens with one attached hydrogen (secondary N) is 1. The number of methoxy groups -OCH3 is 3. The van der Waals surface area contributed by atoms with Crippen LogP contribution in [0.25, 0.3) is 6.08 Å². The fourth-order valence-electron chi connectivity index (χ4n) is 4.97. The van der Waals surface area contributed by atoms with E-state index < -0.39 is 6.04 Å². The Labute approximate surface area is 259 Å². The van der Waals surface area contributed by atoms with Crippen molar-refractivity contribution in [3.05, 3.63) is 109 Å². The van der Waals surface area contributed by atoms with Gasteiger partial charge in [-0.05, 0) is 60.9 Å². The van der Waals surface area contributed by atoms with Crippen LogP contribution in [0, 0.1) is 5.92 Å². The Bertz CT molecular complexity index is 1890. The second kappa shape index (κ2) is 13.2. The molecule has 3 aromatic carbocycles. The second-order valence-electron chi connectivity index (χ2n) is 10.6. The van der Waals surface area contributed by atoms with Gasteiger partial charge in [0.25, 0.3) is 11.5 Å². The van der Waals surface area contributed by atoms with E-state index in [1.165, 1.54) is 11.3 Å². The smallest absolute Gasteiger partial charge is 0.271 e. The fourth-order valence-corrected chi connectivity index (χ4v) is 6.02. The highest BCUT2D eigenvalue weighted by Gasteiger charge is 2.34. The van der Waals surface area contributed by atoms with Crippen LogP contribution in [0.1, 0.15) is 37.9 Å². The number of hydrogen-bond acceptors (Lipinski definition) is 8. The van der Waals surface area contributed by atoms with Gasteiger partial charge in [-0.15, -0.1) is 0 Å². The van der Waals surface area contributed by atoms with Gasteiger partial charge >= 0.3 is 0 Å². The Morgan fingerprint density at radius 3 is 2.41 bits per heavy atom. The number of carbonyl (C=O) groups is 1. The van der Waals surface area contributed by atoms with Crippen molar-refractivity contribution in [3.8, 4) is 23.0 Å². The zero-order chi connectivity index (χ0) is 31.4. The van der Waals surface area contributed by atoms with Crippen LogP contribution < -0.4 is 39.2 Å². The molecule has 1 aromatic heterocycles.